The number of carbonyl (C=O) groups excluding carboxylic acids is 1. The lowest BCUT2D eigenvalue weighted by Gasteiger charge is -2.32. The van der Waals surface area contributed by atoms with Crippen molar-refractivity contribution in [2.75, 3.05) is 20.8 Å². The number of carbonyl (C=O) groups is 1. The van der Waals surface area contributed by atoms with Gasteiger partial charge in [-0.25, -0.2) is 4.98 Å². The number of nitrogens with zero attached hydrogens (tertiary/aromatic N) is 3. The summed E-state index contributed by atoms with van der Waals surface area (Å²) in [6.07, 6.45) is 5.26. The van der Waals surface area contributed by atoms with Gasteiger partial charge in [0, 0.05) is 26.0 Å². The van der Waals surface area contributed by atoms with Gasteiger partial charge in [-0.1, -0.05) is 11.8 Å². The zero-order valence-electron chi connectivity index (χ0n) is 13.9. The van der Waals surface area contributed by atoms with E-state index in [1.165, 1.54) is 0 Å². The number of likely N-dealkylation sites (N-methyl/N-ethyl adjacent to an activating group) is 1. The number of methoxy groups -OCH3 is 1. The number of rotatable bonds is 3. The Kier molecular flexibility index (Phi) is 3.77. The minimum Gasteiger partial charge on any atom is -0.495 e. The number of imidazole rings is 1. The highest BCUT2D eigenvalue weighted by atomic mass is 32.2. The Morgan fingerprint density at radius 1 is 1.50 bits per heavy atom. The summed E-state index contributed by atoms with van der Waals surface area (Å²) in [4.78, 5) is 20.3. The van der Waals surface area contributed by atoms with Crippen molar-refractivity contribution in [2.24, 2.45) is 5.92 Å². The molecule has 3 aliphatic rings. The van der Waals surface area contributed by atoms with Gasteiger partial charge < -0.3 is 18.9 Å². The van der Waals surface area contributed by atoms with Crippen molar-refractivity contribution in [2.45, 2.75) is 19.7 Å². The molecule has 1 saturated heterocycles. The fraction of sp³-hybridized carbons (Fsp3) is 0.412. The normalized spacial score (nSPS) is 26.1. The monoisotopic (exact) mass is 345 g/mol. The van der Waals surface area contributed by atoms with Crippen LogP contribution in [0.15, 0.2) is 45.8 Å². The summed E-state index contributed by atoms with van der Waals surface area (Å²) in [6.45, 7) is 2.94. The van der Waals surface area contributed by atoms with Gasteiger partial charge in [0.2, 0.25) is 0 Å². The van der Waals surface area contributed by atoms with Crippen LogP contribution >= 0.6 is 11.8 Å². The molecule has 0 spiro atoms. The van der Waals surface area contributed by atoms with E-state index in [-0.39, 0.29) is 17.9 Å². The Labute approximate surface area is 144 Å². The third-order valence-electron chi connectivity index (χ3n) is 4.70. The highest BCUT2D eigenvalue weighted by molar-refractivity contribution is 8.06. The molecule has 2 atom stereocenters. The molecule has 1 fully saturated rings. The van der Waals surface area contributed by atoms with Gasteiger partial charge >= 0.3 is 0 Å². The molecule has 7 heteroatoms. The molecule has 2 unspecified atom stereocenters. The van der Waals surface area contributed by atoms with Crippen LogP contribution in [0.2, 0.25) is 0 Å². The standard InChI is InChI=1S/C17H19N3O3S/c1-10-18-5-6-20(10)8-11-9-23-17-13(15(11)21)16-14(19(17)2)12(22-3)4-7-24-16/h4-7,11,17H,8-9H2,1-3H3. The zero-order chi connectivity index (χ0) is 16.8. The third kappa shape index (κ3) is 2.22. The minimum atomic E-state index is -0.319. The molecule has 0 aromatic carbocycles. The number of ketones is 1. The number of thioether (sulfide) groups is 1. The van der Waals surface area contributed by atoms with Crippen molar-refractivity contribution in [3.05, 3.63) is 51.6 Å². The fourth-order valence-corrected chi connectivity index (χ4v) is 4.44. The van der Waals surface area contributed by atoms with Crippen LogP contribution < -0.4 is 0 Å². The Morgan fingerprint density at radius 3 is 3.04 bits per heavy atom. The molecule has 6 nitrogen and oxygen atoms in total. The summed E-state index contributed by atoms with van der Waals surface area (Å²) in [5.41, 5.74) is 1.70. The van der Waals surface area contributed by atoms with E-state index < -0.39 is 0 Å². The zero-order valence-corrected chi connectivity index (χ0v) is 14.7. The van der Waals surface area contributed by atoms with Crippen molar-refractivity contribution >= 4 is 17.5 Å². The van der Waals surface area contributed by atoms with E-state index >= 15 is 0 Å². The first kappa shape index (κ1) is 15.5. The van der Waals surface area contributed by atoms with Gasteiger partial charge in [-0.2, -0.15) is 0 Å². The minimum absolute atomic E-state index is 0.162. The van der Waals surface area contributed by atoms with Gasteiger partial charge in [-0.15, -0.1) is 0 Å². The van der Waals surface area contributed by atoms with Crippen LogP contribution in [0.1, 0.15) is 5.82 Å². The Morgan fingerprint density at radius 2 is 2.33 bits per heavy atom. The topological polar surface area (TPSA) is 56.6 Å². The van der Waals surface area contributed by atoms with Crippen molar-refractivity contribution in [1.29, 1.82) is 0 Å². The molecule has 0 radical (unpaired) electrons. The molecule has 0 amide bonds. The van der Waals surface area contributed by atoms with Gasteiger partial charge in [0.05, 0.1) is 35.8 Å². The summed E-state index contributed by atoms with van der Waals surface area (Å²) in [5.74, 6) is 1.64. The average molecular weight is 345 g/mol. The van der Waals surface area contributed by atoms with Crippen LogP contribution in [0, 0.1) is 12.8 Å². The number of aromatic nitrogens is 2. The highest BCUT2D eigenvalue weighted by Crippen LogP contribution is 2.47. The van der Waals surface area contributed by atoms with Crippen molar-refractivity contribution in [1.82, 2.24) is 14.5 Å². The van der Waals surface area contributed by atoms with Crippen LogP contribution in [0.25, 0.3) is 0 Å². The SMILES string of the molecule is COC1=C2C(=C3C(=O)C(Cn4ccnc4C)COC3N2C)SC=C1. The van der Waals surface area contributed by atoms with Crippen LogP contribution in [-0.4, -0.2) is 47.2 Å². The van der Waals surface area contributed by atoms with E-state index in [0.29, 0.717) is 13.2 Å². The van der Waals surface area contributed by atoms with E-state index in [0.717, 1.165) is 27.8 Å². The Balaban J connectivity index is 1.69. The van der Waals surface area contributed by atoms with Crippen molar-refractivity contribution in [3.63, 3.8) is 0 Å². The lowest BCUT2D eigenvalue weighted by Crippen LogP contribution is -2.42. The van der Waals surface area contributed by atoms with Crippen molar-refractivity contribution in [3.8, 4) is 0 Å². The maximum atomic E-state index is 13.1. The third-order valence-corrected chi connectivity index (χ3v) is 5.62. The largest absolute Gasteiger partial charge is 0.495 e. The second kappa shape index (κ2) is 5.82. The number of aryl methyl sites for hydroxylation is 1. The Bertz CT molecular complexity index is 793. The van der Waals surface area contributed by atoms with Crippen LogP contribution in [-0.2, 0) is 20.8 Å². The number of ether oxygens (including phenoxy) is 2. The summed E-state index contributed by atoms with van der Waals surface area (Å²) < 4.78 is 13.5. The first-order valence-corrected chi connectivity index (χ1v) is 8.72. The first-order valence-electron chi connectivity index (χ1n) is 7.84. The quantitative estimate of drug-likeness (QED) is 0.836. The van der Waals surface area contributed by atoms with Gasteiger partial charge in [-0.3, -0.25) is 4.79 Å². The maximum absolute atomic E-state index is 13.1. The van der Waals surface area contributed by atoms with E-state index in [1.807, 2.05) is 41.1 Å². The second-order valence-corrected chi connectivity index (χ2v) is 6.98. The molecule has 0 N–H and O–H groups in total. The summed E-state index contributed by atoms with van der Waals surface area (Å²) >= 11 is 1.56. The molecule has 4 rings (SSSR count). The molecule has 24 heavy (non-hydrogen) atoms. The number of hydrogen-bond acceptors (Lipinski definition) is 6. The molecule has 3 aliphatic heterocycles. The molecule has 0 saturated carbocycles. The first-order chi connectivity index (χ1) is 11.6. The van der Waals surface area contributed by atoms with E-state index in [2.05, 4.69) is 4.98 Å². The Hall–Kier alpha value is -1.99. The fourth-order valence-electron chi connectivity index (χ4n) is 3.42. The summed E-state index contributed by atoms with van der Waals surface area (Å²) in [5, 5.41) is 1.96. The van der Waals surface area contributed by atoms with Gasteiger partial charge in [0.25, 0.3) is 0 Å². The molecular weight excluding hydrogens is 326 g/mol. The average Bonchev–Trinajstić information content (AvgIpc) is 3.12. The van der Waals surface area contributed by atoms with Gasteiger partial charge in [0.15, 0.2) is 12.0 Å². The van der Waals surface area contributed by atoms with Crippen LogP contribution in [0.5, 0.6) is 0 Å². The van der Waals surface area contributed by atoms with Gasteiger partial charge in [0.1, 0.15) is 11.6 Å². The molecule has 1 aromatic rings. The number of fused-ring (bicyclic) bond motifs is 2. The molecule has 1 aromatic heterocycles. The van der Waals surface area contributed by atoms with Crippen LogP contribution in [0.3, 0.4) is 0 Å². The molecule has 0 aliphatic carbocycles. The lowest BCUT2D eigenvalue weighted by molar-refractivity contribution is -0.132. The molecule has 126 valence electrons. The van der Waals surface area contributed by atoms with E-state index in [1.54, 1.807) is 25.1 Å². The highest BCUT2D eigenvalue weighted by Gasteiger charge is 2.46. The smallest absolute Gasteiger partial charge is 0.171 e. The van der Waals surface area contributed by atoms with Crippen LogP contribution in [0.4, 0.5) is 0 Å². The molecule has 4 heterocycles. The van der Waals surface area contributed by atoms with Gasteiger partial charge in [-0.05, 0) is 18.4 Å². The predicted molar refractivity (Wildman–Crippen MR) is 90.8 cm³/mol. The summed E-state index contributed by atoms with van der Waals surface area (Å²) in [6, 6.07) is 0. The molecule has 0 bridgehead atoms. The van der Waals surface area contributed by atoms with Crippen molar-refractivity contribution < 1.29 is 14.3 Å². The van der Waals surface area contributed by atoms with E-state index in [9.17, 15) is 4.79 Å². The number of hydrogen-bond donors (Lipinski definition) is 0. The maximum Gasteiger partial charge on any atom is 0.171 e. The lowest BCUT2D eigenvalue weighted by atomic mass is 9.94. The number of allylic oxidation sites excluding steroid dienone is 1. The molecular formula is C17H19N3O3S. The predicted octanol–water partition coefficient (Wildman–Crippen LogP) is 2.05. The van der Waals surface area contributed by atoms with E-state index in [4.69, 9.17) is 9.47 Å². The summed E-state index contributed by atoms with van der Waals surface area (Å²) in [7, 11) is 3.59. The number of Topliss-reactive ketones (excluding diaryl/α,β-unsaturated/α-hetero) is 1. The second-order valence-electron chi connectivity index (χ2n) is 6.06.